The van der Waals surface area contributed by atoms with Crippen molar-refractivity contribution in [3.05, 3.63) is 58.4 Å². The van der Waals surface area contributed by atoms with Crippen LogP contribution in [0.3, 0.4) is 0 Å². The van der Waals surface area contributed by atoms with Crippen LogP contribution >= 0.6 is 11.6 Å². The zero-order valence-corrected chi connectivity index (χ0v) is 21.1. The Balaban J connectivity index is 1.87. The SMILES string of the molecule is BC(B)(NCc1ncc(C)cn1)C1(F)CCN(C(=O)c2ccc(F)c(Cl)c2)C(B)(B)C1(B)B. The molecular weight excluding hydrogens is 439 g/mol. The quantitative estimate of drug-likeness (QED) is 0.483. The van der Waals surface area contributed by atoms with Crippen molar-refractivity contribution >= 4 is 64.6 Å². The van der Waals surface area contributed by atoms with Gasteiger partial charge in [0.1, 0.15) is 64.4 Å². The molecule has 0 radical (unpaired) electrons. The lowest BCUT2D eigenvalue weighted by Crippen LogP contribution is -2.78. The number of alkyl halides is 1. The van der Waals surface area contributed by atoms with Gasteiger partial charge in [0.2, 0.25) is 0 Å². The molecule has 0 saturated carbocycles. The minimum atomic E-state index is -1.66. The van der Waals surface area contributed by atoms with E-state index < -0.39 is 27.4 Å². The number of benzene rings is 1. The number of rotatable bonds is 5. The first-order chi connectivity index (χ1) is 15.1. The Bertz CT molecular complexity index is 1060. The molecular formula is C19H27B6ClF2N4O. The molecule has 2 aromatic rings. The number of hydrogen-bond acceptors (Lipinski definition) is 4. The molecule has 2 heterocycles. The highest BCUT2D eigenvalue weighted by molar-refractivity contribution is 6.57. The molecule has 168 valence electrons. The van der Waals surface area contributed by atoms with Gasteiger partial charge in [-0.15, -0.1) is 0 Å². The van der Waals surface area contributed by atoms with Crippen LogP contribution in [0.1, 0.15) is 28.2 Å². The summed E-state index contributed by atoms with van der Waals surface area (Å²) in [7, 11) is 11.2. The highest BCUT2D eigenvalue weighted by Crippen LogP contribution is 2.54. The normalized spacial score (nSPS) is 22.1. The number of aromatic nitrogens is 2. The maximum absolute atomic E-state index is 17.0. The van der Waals surface area contributed by atoms with E-state index in [-0.39, 0.29) is 29.5 Å². The summed E-state index contributed by atoms with van der Waals surface area (Å²) >= 11 is 5.90. The Morgan fingerprint density at radius 2 is 1.85 bits per heavy atom. The number of halogens is 3. The molecule has 1 saturated heterocycles. The number of carbonyl (C=O) groups excluding carboxylic acids is 1. The van der Waals surface area contributed by atoms with E-state index >= 15 is 4.39 Å². The number of carbonyl (C=O) groups is 1. The summed E-state index contributed by atoms with van der Waals surface area (Å²) in [5, 5.41) is 0.486. The van der Waals surface area contributed by atoms with Crippen LogP contribution in [0.5, 0.6) is 0 Å². The average Bonchev–Trinajstić information content (AvgIpc) is 2.73. The summed E-state index contributed by atoms with van der Waals surface area (Å²) in [4.78, 5) is 23.6. The number of nitrogens with zero attached hydrogens (tertiary/aromatic N) is 3. The standard InChI is InChI=1S/C19H27B6ClF2N4O/c1-10-7-29-14(30-8-10)9-31-18(22,23)16(28)4-5-32(19(24,25)17(16,20)21)15(33)11-2-3-13(27)12(26)6-11/h2-3,6-8,31H,4-5,9,20-25H2,1H3. The Labute approximate surface area is 204 Å². The molecule has 33 heavy (non-hydrogen) atoms. The molecule has 0 bridgehead atoms. The topological polar surface area (TPSA) is 58.1 Å². The highest BCUT2D eigenvalue weighted by Gasteiger charge is 2.64. The molecule has 14 heteroatoms. The third-order valence-corrected chi connectivity index (χ3v) is 8.09. The third-order valence-electron chi connectivity index (χ3n) is 7.80. The monoisotopic (exact) mass is 466 g/mol. The average molecular weight is 466 g/mol. The minimum absolute atomic E-state index is 0.113. The zero-order chi connectivity index (χ0) is 24.8. The van der Waals surface area contributed by atoms with E-state index in [1.54, 1.807) is 17.3 Å². The Kier molecular flexibility index (Phi) is 6.91. The highest BCUT2D eigenvalue weighted by atomic mass is 35.5. The van der Waals surface area contributed by atoms with Gasteiger partial charge in [-0.25, -0.2) is 18.7 Å². The van der Waals surface area contributed by atoms with Crippen LogP contribution in [0.15, 0.2) is 30.6 Å². The molecule has 1 amide bonds. The van der Waals surface area contributed by atoms with Gasteiger partial charge in [0.05, 0.1) is 11.6 Å². The Hall–Kier alpha value is -1.73. The van der Waals surface area contributed by atoms with Crippen LogP contribution in [-0.4, -0.2) is 90.7 Å². The summed E-state index contributed by atoms with van der Waals surface area (Å²) in [6, 6.07) is 3.92. The van der Waals surface area contributed by atoms with E-state index in [2.05, 4.69) is 15.3 Å². The number of nitrogens with one attached hydrogen (secondary N) is 1. The molecule has 0 aliphatic carbocycles. The number of amides is 1. The van der Waals surface area contributed by atoms with Crippen molar-refractivity contribution in [2.45, 2.75) is 41.4 Å². The Morgan fingerprint density at radius 1 is 1.24 bits per heavy atom. The first-order valence-electron chi connectivity index (χ1n) is 11.1. The van der Waals surface area contributed by atoms with Gasteiger partial charge in [-0.3, -0.25) is 4.79 Å². The van der Waals surface area contributed by atoms with Crippen molar-refractivity contribution in [3.63, 3.8) is 0 Å². The second-order valence-corrected chi connectivity index (χ2v) is 10.9. The summed E-state index contributed by atoms with van der Waals surface area (Å²) in [5.41, 5.74) is -0.418. The summed E-state index contributed by atoms with van der Waals surface area (Å²) in [6.45, 7) is 2.45. The van der Waals surface area contributed by atoms with Crippen LogP contribution in [-0.2, 0) is 6.54 Å². The van der Waals surface area contributed by atoms with Gasteiger partial charge in [0, 0.05) is 24.5 Å². The molecule has 1 unspecified atom stereocenters. The van der Waals surface area contributed by atoms with Crippen molar-refractivity contribution in [3.8, 4) is 0 Å². The molecule has 1 fully saturated rings. The fourth-order valence-electron chi connectivity index (χ4n) is 4.87. The van der Waals surface area contributed by atoms with E-state index in [0.29, 0.717) is 12.4 Å². The number of hydrogen-bond donors (Lipinski definition) is 1. The molecule has 5 nitrogen and oxygen atoms in total. The smallest absolute Gasteiger partial charge is 0.253 e. The van der Waals surface area contributed by atoms with Gasteiger partial charge in [0.15, 0.2) is 0 Å². The first-order valence-corrected chi connectivity index (χ1v) is 11.5. The lowest BCUT2D eigenvalue weighted by atomic mass is 9.23. The predicted octanol–water partition coefficient (Wildman–Crippen LogP) is -2.86. The van der Waals surface area contributed by atoms with Crippen molar-refractivity contribution in [2.75, 3.05) is 6.54 Å². The van der Waals surface area contributed by atoms with Crippen LogP contribution in [0.2, 0.25) is 10.2 Å². The van der Waals surface area contributed by atoms with Crippen molar-refractivity contribution in [1.29, 1.82) is 0 Å². The minimum Gasteiger partial charge on any atom is -0.349 e. The maximum atomic E-state index is 17.0. The molecule has 1 atom stereocenters. The van der Waals surface area contributed by atoms with Crippen molar-refractivity contribution in [2.24, 2.45) is 0 Å². The van der Waals surface area contributed by atoms with E-state index in [1.165, 1.54) is 18.2 Å². The fraction of sp³-hybridized carbons (Fsp3) is 0.421. The van der Waals surface area contributed by atoms with Gasteiger partial charge in [0.25, 0.3) is 5.91 Å². The molecule has 3 rings (SSSR count). The molecule has 1 aromatic carbocycles. The second-order valence-electron chi connectivity index (χ2n) is 10.5. The van der Waals surface area contributed by atoms with Gasteiger partial charge >= 0.3 is 0 Å². The summed E-state index contributed by atoms with van der Waals surface area (Å²) < 4.78 is 30.6. The van der Waals surface area contributed by atoms with E-state index in [9.17, 15) is 9.18 Å². The van der Waals surface area contributed by atoms with Crippen molar-refractivity contribution in [1.82, 2.24) is 20.2 Å². The van der Waals surface area contributed by atoms with Crippen LogP contribution in [0, 0.1) is 12.7 Å². The molecule has 1 aromatic heterocycles. The van der Waals surface area contributed by atoms with Crippen molar-refractivity contribution < 1.29 is 13.6 Å². The van der Waals surface area contributed by atoms with E-state index in [0.717, 1.165) is 5.56 Å². The van der Waals surface area contributed by atoms with Crippen LogP contribution < -0.4 is 5.32 Å². The molecule has 0 spiro atoms. The lowest BCUT2D eigenvalue weighted by molar-refractivity contribution is -0.00220. The largest absolute Gasteiger partial charge is 0.349 e. The lowest BCUT2D eigenvalue weighted by Gasteiger charge is -2.65. The van der Waals surface area contributed by atoms with Gasteiger partial charge in [-0.1, -0.05) is 11.6 Å². The predicted molar refractivity (Wildman–Crippen MR) is 144 cm³/mol. The zero-order valence-electron chi connectivity index (χ0n) is 20.4. The summed E-state index contributed by atoms with van der Waals surface area (Å²) in [6.07, 6.45) is 3.61. The number of piperidine rings is 1. The molecule has 1 aliphatic rings. The van der Waals surface area contributed by atoms with Crippen LogP contribution in [0.4, 0.5) is 8.78 Å². The van der Waals surface area contributed by atoms with Crippen LogP contribution in [0.25, 0.3) is 0 Å². The van der Waals surface area contributed by atoms with Gasteiger partial charge in [-0.2, -0.15) is 0 Å². The Morgan fingerprint density at radius 3 is 2.42 bits per heavy atom. The summed E-state index contributed by atoms with van der Waals surface area (Å²) in [5.74, 6) is -0.286. The van der Waals surface area contributed by atoms with Gasteiger partial charge in [-0.05, 0) is 53.0 Å². The molecule has 1 N–H and O–H groups in total. The fourth-order valence-corrected chi connectivity index (χ4v) is 5.05. The first kappa shape index (κ1) is 25.9. The maximum Gasteiger partial charge on any atom is 0.253 e. The molecule has 1 aliphatic heterocycles. The third kappa shape index (κ3) is 4.39. The second kappa shape index (κ2) is 8.80. The number of likely N-dealkylation sites (tertiary alicyclic amines) is 1. The van der Waals surface area contributed by atoms with E-state index in [4.69, 9.17) is 11.6 Å². The van der Waals surface area contributed by atoms with Gasteiger partial charge < -0.3 is 10.2 Å². The number of aryl methyl sites for hydroxylation is 1. The van der Waals surface area contributed by atoms with E-state index in [1.807, 2.05) is 54.0 Å².